The number of H-pyrrole nitrogens is 1. The Kier molecular flexibility index (Phi) is 4.01. The van der Waals surface area contributed by atoms with Crippen molar-refractivity contribution in [2.75, 3.05) is 11.4 Å². The van der Waals surface area contributed by atoms with E-state index in [1.165, 1.54) is 0 Å². The number of aromatic nitrogens is 2. The Morgan fingerprint density at radius 3 is 2.90 bits per heavy atom. The largest absolute Gasteiger partial charge is 0.311 e. The highest BCUT2D eigenvalue weighted by atomic mass is 16.2. The molecule has 2 aromatic rings. The van der Waals surface area contributed by atoms with Gasteiger partial charge in [0.15, 0.2) is 0 Å². The summed E-state index contributed by atoms with van der Waals surface area (Å²) in [5.41, 5.74) is 3.14. The Balaban J connectivity index is 1.66. The number of carbonyl (C=O) groups excluding carboxylic acids is 1. The maximum absolute atomic E-state index is 12.6. The average Bonchev–Trinajstić information content (AvgIpc) is 2.92. The van der Waals surface area contributed by atoms with Crippen molar-refractivity contribution in [3.63, 3.8) is 0 Å². The molecule has 0 aliphatic carbocycles. The normalized spacial score (nSPS) is 19.0. The summed E-state index contributed by atoms with van der Waals surface area (Å²) >= 11 is 0. The summed E-state index contributed by atoms with van der Waals surface area (Å²) < 4.78 is 0. The summed E-state index contributed by atoms with van der Waals surface area (Å²) in [5.74, 6) is 0.157. The minimum atomic E-state index is -0.123. The molecule has 2 N–H and O–H groups in total. The van der Waals surface area contributed by atoms with Crippen LogP contribution in [0.15, 0.2) is 36.5 Å². The minimum absolute atomic E-state index is 0.123. The van der Waals surface area contributed by atoms with Crippen molar-refractivity contribution in [3.8, 4) is 0 Å². The number of amides is 1. The quantitative estimate of drug-likeness (QED) is 0.903. The lowest BCUT2D eigenvalue weighted by atomic mass is 10.0. The molecule has 1 saturated heterocycles. The average molecular weight is 284 g/mol. The molecule has 1 fully saturated rings. The van der Waals surface area contributed by atoms with E-state index < -0.39 is 0 Å². The smallest absolute Gasteiger partial charge is 0.244 e. The first-order valence-electron chi connectivity index (χ1n) is 7.34. The summed E-state index contributed by atoms with van der Waals surface area (Å²) in [4.78, 5) is 14.5. The van der Waals surface area contributed by atoms with E-state index in [0.29, 0.717) is 6.54 Å². The number of aryl methyl sites for hydroxylation is 1. The van der Waals surface area contributed by atoms with Crippen LogP contribution in [0.5, 0.6) is 0 Å². The van der Waals surface area contributed by atoms with Crippen LogP contribution in [0.3, 0.4) is 0 Å². The first-order valence-corrected chi connectivity index (χ1v) is 7.34. The molecule has 3 rings (SSSR count). The van der Waals surface area contributed by atoms with E-state index in [4.69, 9.17) is 0 Å². The van der Waals surface area contributed by atoms with Crippen LogP contribution in [0.2, 0.25) is 0 Å². The number of nitrogens with one attached hydrogen (secondary N) is 2. The fourth-order valence-electron chi connectivity index (χ4n) is 2.71. The number of rotatable bonds is 4. The van der Waals surface area contributed by atoms with Crippen LogP contribution in [0.4, 0.5) is 5.69 Å². The number of carbonyl (C=O) groups is 1. The van der Waals surface area contributed by atoms with Crippen molar-refractivity contribution in [1.29, 1.82) is 0 Å². The van der Waals surface area contributed by atoms with Crippen LogP contribution in [-0.4, -0.2) is 28.7 Å². The summed E-state index contributed by atoms with van der Waals surface area (Å²) in [6, 6.07) is 9.75. The molecular formula is C16H20N4O. The van der Waals surface area contributed by atoms with Gasteiger partial charge in [-0.05, 0) is 37.5 Å². The van der Waals surface area contributed by atoms with E-state index in [0.717, 1.165) is 36.3 Å². The number of para-hydroxylation sites is 1. The molecular weight excluding hydrogens is 264 g/mol. The summed E-state index contributed by atoms with van der Waals surface area (Å²) in [5, 5.41) is 10.3. The Hall–Kier alpha value is -2.14. The first-order chi connectivity index (χ1) is 10.3. The van der Waals surface area contributed by atoms with Crippen LogP contribution in [-0.2, 0) is 11.3 Å². The number of benzene rings is 1. The number of aromatic amines is 1. The molecule has 1 aliphatic rings. The van der Waals surface area contributed by atoms with Crippen molar-refractivity contribution in [2.45, 2.75) is 32.4 Å². The van der Waals surface area contributed by atoms with Gasteiger partial charge in [-0.3, -0.25) is 9.89 Å². The lowest BCUT2D eigenvalue weighted by molar-refractivity contribution is -0.121. The molecule has 1 atom stereocenters. The standard InChI is InChI=1S/C16H20N4O/c1-12-10-18-19-15(12)11-17-14-8-5-9-20(16(14)21)13-6-3-2-4-7-13/h2-4,6-7,10,14,17H,5,8-9,11H2,1H3,(H,18,19). The van der Waals surface area contributed by atoms with E-state index in [2.05, 4.69) is 15.5 Å². The topological polar surface area (TPSA) is 61.0 Å². The Morgan fingerprint density at radius 2 is 2.19 bits per heavy atom. The van der Waals surface area contributed by atoms with E-state index >= 15 is 0 Å². The van der Waals surface area contributed by atoms with Gasteiger partial charge in [0, 0.05) is 18.8 Å². The van der Waals surface area contributed by atoms with E-state index in [1.54, 1.807) is 6.20 Å². The van der Waals surface area contributed by atoms with Crippen LogP contribution in [0.1, 0.15) is 24.1 Å². The molecule has 1 aromatic heterocycles. The van der Waals surface area contributed by atoms with E-state index in [9.17, 15) is 4.79 Å². The molecule has 1 aliphatic heterocycles. The summed E-state index contributed by atoms with van der Waals surface area (Å²) in [6.45, 7) is 3.45. The molecule has 1 unspecified atom stereocenters. The van der Waals surface area contributed by atoms with Crippen molar-refractivity contribution < 1.29 is 4.79 Å². The Bertz CT molecular complexity index is 608. The predicted octanol–water partition coefficient (Wildman–Crippen LogP) is 2.00. The first kappa shape index (κ1) is 13.8. The van der Waals surface area contributed by atoms with Gasteiger partial charge in [0.2, 0.25) is 5.91 Å². The van der Waals surface area contributed by atoms with Gasteiger partial charge < -0.3 is 10.2 Å². The van der Waals surface area contributed by atoms with Gasteiger partial charge >= 0.3 is 0 Å². The van der Waals surface area contributed by atoms with Gasteiger partial charge in [0.1, 0.15) is 0 Å². The number of anilines is 1. The van der Waals surface area contributed by atoms with E-state index in [-0.39, 0.29) is 11.9 Å². The van der Waals surface area contributed by atoms with E-state index in [1.807, 2.05) is 42.2 Å². The van der Waals surface area contributed by atoms with Gasteiger partial charge in [-0.15, -0.1) is 0 Å². The van der Waals surface area contributed by atoms with Crippen molar-refractivity contribution >= 4 is 11.6 Å². The van der Waals surface area contributed by atoms with Crippen LogP contribution in [0, 0.1) is 6.92 Å². The monoisotopic (exact) mass is 284 g/mol. The van der Waals surface area contributed by atoms with Gasteiger partial charge in [0.05, 0.1) is 17.9 Å². The number of piperidine rings is 1. The zero-order valence-electron chi connectivity index (χ0n) is 12.2. The minimum Gasteiger partial charge on any atom is -0.311 e. The SMILES string of the molecule is Cc1cn[nH]c1CNC1CCCN(c2ccccc2)C1=O. The maximum Gasteiger partial charge on any atom is 0.244 e. The third-order valence-electron chi connectivity index (χ3n) is 3.97. The number of hydrogen-bond acceptors (Lipinski definition) is 3. The maximum atomic E-state index is 12.6. The third kappa shape index (κ3) is 2.97. The third-order valence-corrected chi connectivity index (χ3v) is 3.97. The lowest BCUT2D eigenvalue weighted by Gasteiger charge is -2.32. The second kappa shape index (κ2) is 6.10. The molecule has 5 heteroatoms. The molecule has 5 nitrogen and oxygen atoms in total. The molecule has 1 amide bonds. The molecule has 0 saturated carbocycles. The summed E-state index contributed by atoms with van der Waals surface area (Å²) in [7, 11) is 0. The zero-order chi connectivity index (χ0) is 14.7. The van der Waals surface area contributed by atoms with Crippen molar-refractivity contribution in [1.82, 2.24) is 15.5 Å². The lowest BCUT2D eigenvalue weighted by Crippen LogP contribution is -2.50. The van der Waals surface area contributed by atoms with Gasteiger partial charge in [-0.1, -0.05) is 18.2 Å². The van der Waals surface area contributed by atoms with Crippen LogP contribution >= 0.6 is 0 Å². The Labute approximate surface area is 124 Å². The number of nitrogens with zero attached hydrogens (tertiary/aromatic N) is 2. The van der Waals surface area contributed by atoms with Gasteiger partial charge in [-0.25, -0.2) is 0 Å². The van der Waals surface area contributed by atoms with Crippen molar-refractivity contribution in [3.05, 3.63) is 47.8 Å². The fourth-order valence-corrected chi connectivity index (χ4v) is 2.71. The molecule has 21 heavy (non-hydrogen) atoms. The van der Waals surface area contributed by atoms with Crippen LogP contribution in [0.25, 0.3) is 0 Å². The van der Waals surface area contributed by atoms with Gasteiger partial charge in [-0.2, -0.15) is 5.10 Å². The second-order valence-electron chi connectivity index (χ2n) is 5.43. The molecule has 110 valence electrons. The predicted molar refractivity (Wildman–Crippen MR) is 82.0 cm³/mol. The zero-order valence-corrected chi connectivity index (χ0v) is 12.2. The highest BCUT2D eigenvalue weighted by molar-refractivity contribution is 5.97. The van der Waals surface area contributed by atoms with Gasteiger partial charge in [0.25, 0.3) is 0 Å². The molecule has 1 aromatic carbocycles. The second-order valence-corrected chi connectivity index (χ2v) is 5.43. The fraction of sp³-hybridized carbons (Fsp3) is 0.375. The highest BCUT2D eigenvalue weighted by Crippen LogP contribution is 2.20. The molecule has 0 radical (unpaired) electrons. The van der Waals surface area contributed by atoms with Crippen molar-refractivity contribution in [2.24, 2.45) is 0 Å². The molecule has 0 bridgehead atoms. The molecule has 2 heterocycles. The number of hydrogen-bond donors (Lipinski definition) is 2. The summed E-state index contributed by atoms with van der Waals surface area (Å²) in [6.07, 6.45) is 3.70. The highest BCUT2D eigenvalue weighted by Gasteiger charge is 2.29. The Morgan fingerprint density at radius 1 is 1.38 bits per heavy atom. The van der Waals surface area contributed by atoms with Crippen LogP contribution < -0.4 is 10.2 Å². The molecule has 0 spiro atoms.